The number of nitrogen functional groups attached to an aromatic ring is 1. The number of hydrogen-bond donors (Lipinski definition) is 6. The fourth-order valence-corrected chi connectivity index (χ4v) is 7.50. The van der Waals surface area contributed by atoms with Gasteiger partial charge in [0.2, 0.25) is 0 Å². The molecule has 32 heavy (non-hydrogen) atoms. The maximum absolute atomic E-state index is 15.3. The molecule has 178 valence electrons. The monoisotopic (exact) mass is 519 g/mol. The maximum atomic E-state index is 15.3. The van der Waals surface area contributed by atoms with Crippen LogP contribution in [0, 0.1) is 11.8 Å². The third-order valence-corrected chi connectivity index (χ3v) is 9.25. The molecule has 0 spiro atoms. The van der Waals surface area contributed by atoms with Gasteiger partial charge in [-0.1, -0.05) is 6.92 Å². The zero-order chi connectivity index (χ0) is 23.9. The molecule has 0 aromatic carbocycles. The zero-order valence-corrected chi connectivity index (χ0v) is 18.5. The van der Waals surface area contributed by atoms with E-state index in [0.29, 0.717) is 0 Å². The molecule has 20 heteroatoms. The summed E-state index contributed by atoms with van der Waals surface area (Å²) in [4.78, 5) is 47.8. The Labute approximate surface area is 177 Å². The number of nitrogens with two attached hydrogens (primary N) is 1. The minimum atomic E-state index is -5.75. The lowest BCUT2D eigenvalue weighted by Gasteiger charge is -2.27. The van der Waals surface area contributed by atoms with E-state index in [-0.39, 0.29) is 17.0 Å². The van der Waals surface area contributed by atoms with Crippen molar-refractivity contribution in [2.24, 2.45) is 11.8 Å². The number of nitrogens with zero attached hydrogens (tertiary/aromatic N) is 4. The molecule has 2 heterocycles. The van der Waals surface area contributed by atoms with Gasteiger partial charge >= 0.3 is 23.5 Å². The summed E-state index contributed by atoms with van der Waals surface area (Å²) in [5, 5.41) is 10.7. The van der Waals surface area contributed by atoms with E-state index in [1.807, 2.05) is 0 Å². The number of halogens is 1. The summed E-state index contributed by atoms with van der Waals surface area (Å²) < 4.78 is 62.8. The number of phosphoric acid groups is 3. The van der Waals surface area contributed by atoms with E-state index in [1.165, 1.54) is 17.8 Å². The van der Waals surface area contributed by atoms with Gasteiger partial charge in [-0.05, 0) is 5.92 Å². The topological polar surface area (TPSA) is 250 Å². The summed E-state index contributed by atoms with van der Waals surface area (Å²) in [5.74, 6) is -1.71. The normalized spacial score (nSPS) is 35.9. The lowest BCUT2D eigenvalue weighted by Crippen LogP contribution is -2.35. The number of aromatic nitrogens is 4. The van der Waals surface area contributed by atoms with E-state index in [4.69, 9.17) is 15.5 Å². The first-order chi connectivity index (χ1) is 14.6. The van der Waals surface area contributed by atoms with Crippen molar-refractivity contribution in [2.45, 2.75) is 30.8 Å². The molecular formula is C12H17FN5O11P3. The highest BCUT2D eigenvalue weighted by Crippen LogP contribution is 2.72. The highest BCUT2D eigenvalue weighted by molar-refractivity contribution is 7.66. The Kier molecular flexibility index (Phi) is 5.45. The number of imidazole rings is 1. The molecule has 0 amide bonds. The molecule has 2 aliphatic rings. The molecular weight excluding hydrogens is 502 g/mol. The Morgan fingerprint density at radius 2 is 1.78 bits per heavy atom. The van der Waals surface area contributed by atoms with Crippen LogP contribution in [0.2, 0.25) is 0 Å². The van der Waals surface area contributed by atoms with Gasteiger partial charge in [0.15, 0.2) is 17.6 Å². The van der Waals surface area contributed by atoms with Gasteiger partial charge in [0, 0.05) is 5.92 Å². The predicted octanol–water partition coefficient (Wildman–Crippen LogP) is 0.0102. The van der Waals surface area contributed by atoms with Gasteiger partial charge in [-0.3, -0.25) is 4.52 Å². The van der Waals surface area contributed by atoms with Gasteiger partial charge in [0.05, 0.1) is 12.4 Å². The molecule has 16 nitrogen and oxygen atoms in total. The van der Waals surface area contributed by atoms with Crippen molar-refractivity contribution in [1.29, 1.82) is 0 Å². The van der Waals surface area contributed by atoms with Crippen molar-refractivity contribution in [3.63, 3.8) is 0 Å². The Morgan fingerprint density at radius 3 is 2.34 bits per heavy atom. The van der Waals surface area contributed by atoms with Crippen LogP contribution in [0.15, 0.2) is 12.7 Å². The second kappa shape index (κ2) is 7.32. The predicted molar refractivity (Wildman–Crippen MR) is 100 cm³/mol. The summed E-state index contributed by atoms with van der Waals surface area (Å²) in [7, 11) is -16.8. The van der Waals surface area contributed by atoms with Crippen LogP contribution < -0.4 is 5.73 Å². The van der Waals surface area contributed by atoms with Crippen LogP contribution in [0.25, 0.3) is 11.2 Å². The van der Waals surface area contributed by atoms with E-state index in [9.17, 15) is 28.6 Å². The first-order valence-corrected chi connectivity index (χ1v) is 13.2. The van der Waals surface area contributed by atoms with Crippen LogP contribution in [-0.2, 0) is 26.8 Å². The Balaban J connectivity index is 1.53. The van der Waals surface area contributed by atoms with Gasteiger partial charge in [-0.2, -0.15) is 8.62 Å². The van der Waals surface area contributed by atoms with Gasteiger partial charge in [0.1, 0.15) is 23.5 Å². The molecule has 7 N–H and O–H groups in total. The average molecular weight is 519 g/mol. The molecule has 2 saturated carbocycles. The first kappa shape index (κ1) is 23.8. The molecule has 2 aromatic heterocycles. The van der Waals surface area contributed by atoms with E-state index < -0.39 is 59.2 Å². The molecule has 0 aliphatic heterocycles. The number of fused-ring (bicyclic) bond motifs is 2. The van der Waals surface area contributed by atoms with Crippen LogP contribution in [0.1, 0.15) is 13.0 Å². The van der Waals surface area contributed by atoms with Crippen LogP contribution in [0.3, 0.4) is 0 Å². The van der Waals surface area contributed by atoms with Crippen LogP contribution >= 0.6 is 23.5 Å². The Bertz CT molecular complexity index is 1220. The number of phosphoric ester groups is 1. The number of aliphatic hydroxyl groups is 1. The molecule has 8 atom stereocenters. The highest BCUT2D eigenvalue weighted by Gasteiger charge is 2.80. The molecule has 0 radical (unpaired) electrons. The van der Waals surface area contributed by atoms with Crippen molar-refractivity contribution < 1.29 is 55.9 Å². The second-order valence-corrected chi connectivity index (χ2v) is 11.7. The maximum Gasteiger partial charge on any atom is 0.490 e. The van der Waals surface area contributed by atoms with Gasteiger partial charge in [0.25, 0.3) is 0 Å². The van der Waals surface area contributed by atoms with Gasteiger partial charge < -0.3 is 35.0 Å². The average Bonchev–Trinajstić information content (AvgIpc) is 2.90. The number of rotatable bonds is 7. The van der Waals surface area contributed by atoms with E-state index in [1.54, 1.807) is 0 Å². The summed E-state index contributed by atoms with van der Waals surface area (Å²) in [6.07, 6.45) is -1.29. The lowest BCUT2D eigenvalue weighted by atomic mass is 9.98. The van der Waals surface area contributed by atoms with Gasteiger partial charge in [-0.15, -0.1) is 0 Å². The van der Waals surface area contributed by atoms with Crippen molar-refractivity contribution >= 4 is 40.4 Å². The Morgan fingerprint density at radius 1 is 1.12 bits per heavy atom. The molecule has 2 aliphatic carbocycles. The lowest BCUT2D eigenvalue weighted by molar-refractivity contribution is 0.00130. The largest absolute Gasteiger partial charge is 0.490 e. The van der Waals surface area contributed by atoms with Gasteiger partial charge in [-0.25, -0.2) is 33.0 Å². The minimum absolute atomic E-state index is 0.0595. The summed E-state index contributed by atoms with van der Waals surface area (Å²) >= 11 is 0. The fraction of sp³-hybridized carbons (Fsp3) is 0.583. The number of alkyl halides is 1. The molecule has 2 fully saturated rings. The third kappa shape index (κ3) is 3.93. The molecule has 4 rings (SSSR count). The fourth-order valence-electron chi connectivity index (χ4n) is 4.25. The summed E-state index contributed by atoms with van der Waals surface area (Å²) in [6.45, 7) is 1.52. The first-order valence-electron chi connectivity index (χ1n) is 8.69. The van der Waals surface area contributed by atoms with Crippen LogP contribution in [-0.4, -0.2) is 62.1 Å². The third-order valence-electron chi connectivity index (χ3n) is 5.42. The minimum Gasteiger partial charge on any atom is -0.384 e. The molecule has 2 aromatic rings. The van der Waals surface area contributed by atoms with Crippen molar-refractivity contribution in [3.05, 3.63) is 12.7 Å². The van der Waals surface area contributed by atoms with Crippen LogP contribution in [0.5, 0.6) is 0 Å². The molecule has 0 saturated heterocycles. The van der Waals surface area contributed by atoms with E-state index >= 15 is 4.39 Å². The zero-order valence-electron chi connectivity index (χ0n) is 15.8. The Hall–Kier alpha value is -1.35. The smallest absolute Gasteiger partial charge is 0.384 e. The van der Waals surface area contributed by atoms with Crippen molar-refractivity contribution in [1.82, 2.24) is 19.5 Å². The summed E-state index contributed by atoms with van der Waals surface area (Å²) in [5.41, 5.74) is 3.85. The number of hydrogen-bond acceptors (Lipinski definition) is 11. The molecule has 3 unspecified atom stereocenters. The summed E-state index contributed by atoms with van der Waals surface area (Å²) in [6, 6.07) is -1.02. The standard InChI is InChI=1S/C12H17FN5O11P3/c1-4-5-9(27-31(23,24)29-32(25,26)28-30(20,21)22)12(5,19)8(13)7(4)18-3-17-6-10(14)15-2-16-11(6)18/h2-5,7-9,19H,1H3,(H,23,24)(H,25,26)(H2,14,15,16)(H2,20,21,22)/t4-,5+,7+,8+,9?,12+/m0/s1. The second-order valence-electron chi connectivity index (χ2n) is 7.36. The molecule has 0 bridgehead atoms. The number of anilines is 1. The quantitative estimate of drug-likeness (QED) is 0.264. The van der Waals surface area contributed by atoms with Crippen LogP contribution in [0.4, 0.5) is 10.2 Å². The van der Waals surface area contributed by atoms with Crippen molar-refractivity contribution in [2.75, 3.05) is 5.73 Å². The highest BCUT2D eigenvalue weighted by atomic mass is 31.3. The van der Waals surface area contributed by atoms with E-state index in [0.717, 1.165) is 6.33 Å². The van der Waals surface area contributed by atoms with E-state index in [2.05, 4.69) is 28.1 Å². The SMILES string of the molecule is C[C@@H]1[C@@H](n2cnc3c(N)ncnc32)[C@@H](F)[C@@]2(O)C(OP(=O)(O)OP(=O)(O)OP(=O)(O)O)[C@@H]12. The van der Waals surface area contributed by atoms with Crippen molar-refractivity contribution in [3.8, 4) is 0 Å².